The second kappa shape index (κ2) is 6.76. The van der Waals surface area contributed by atoms with Crippen molar-refractivity contribution in [1.82, 2.24) is 10.1 Å². The number of piperidine rings is 1. The number of rotatable bonds is 4. The molecule has 1 saturated carbocycles. The molecule has 4 nitrogen and oxygen atoms in total. The molecule has 1 aliphatic heterocycles. The van der Waals surface area contributed by atoms with Gasteiger partial charge in [0.2, 0.25) is 0 Å². The minimum Gasteiger partial charge on any atom is -0.361 e. The summed E-state index contributed by atoms with van der Waals surface area (Å²) in [6.45, 7) is 7.39. The van der Waals surface area contributed by atoms with Gasteiger partial charge in [0.1, 0.15) is 5.76 Å². The molecular weight excluding hydrogens is 288 g/mol. The van der Waals surface area contributed by atoms with E-state index >= 15 is 0 Å². The van der Waals surface area contributed by atoms with E-state index < -0.39 is 0 Å². The molecule has 0 bridgehead atoms. The van der Waals surface area contributed by atoms with Gasteiger partial charge in [0, 0.05) is 17.5 Å². The fraction of sp³-hybridized carbons (Fsp3) is 0.789. The van der Waals surface area contributed by atoms with Crippen molar-refractivity contribution in [2.75, 3.05) is 6.54 Å². The normalized spacial score (nSPS) is 24.2. The summed E-state index contributed by atoms with van der Waals surface area (Å²) in [5, 5.41) is 4.13. The van der Waals surface area contributed by atoms with Crippen LogP contribution in [0.15, 0.2) is 10.6 Å². The molecule has 2 heterocycles. The van der Waals surface area contributed by atoms with Crippen LogP contribution < -0.4 is 0 Å². The van der Waals surface area contributed by atoms with Gasteiger partial charge in [-0.15, -0.1) is 0 Å². The van der Waals surface area contributed by atoms with Crippen LogP contribution in [0.5, 0.6) is 0 Å². The second-order valence-corrected chi connectivity index (χ2v) is 8.26. The molecule has 23 heavy (non-hydrogen) atoms. The molecule has 1 saturated heterocycles. The van der Waals surface area contributed by atoms with Crippen molar-refractivity contribution in [2.24, 2.45) is 0 Å². The van der Waals surface area contributed by atoms with Gasteiger partial charge >= 0.3 is 0 Å². The Morgan fingerprint density at radius 3 is 2.57 bits per heavy atom. The third-order valence-electron chi connectivity index (χ3n) is 5.36. The number of hydrogen-bond donors (Lipinski definition) is 0. The fourth-order valence-corrected chi connectivity index (χ4v) is 4.02. The lowest BCUT2D eigenvalue weighted by atomic mass is 9.91. The van der Waals surface area contributed by atoms with Crippen LogP contribution in [-0.4, -0.2) is 34.5 Å². The summed E-state index contributed by atoms with van der Waals surface area (Å²) < 4.78 is 5.43. The first-order valence-electron chi connectivity index (χ1n) is 9.19. The minimum atomic E-state index is -0.0605. The summed E-state index contributed by atoms with van der Waals surface area (Å²) in [5.41, 5.74) is 0.728. The minimum absolute atomic E-state index is 0.0605. The molecule has 0 aromatic carbocycles. The first-order chi connectivity index (χ1) is 10.9. The highest BCUT2D eigenvalue weighted by Crippen LogP contribution is 2.30. The van der Waals surface area contributed by atoms with Crippen molar-refractivity contribution in [3.63, 3.8) is 0 Å². The Kier molecular flexibility index (Phi) is 4.90. The van der Waals surface area contributed by atoms with Crippen molar-refractivity contribution < 1.29 is 9.32 Å². The summed E-state index contributed by atoms with van der Waals surface area (Å²) in [6, 6.07) is 2.69. The standard InChI is InChI=1S/C19H30N2O2/c1-19(2,3)18-13-14(20-23-18)12-17(22)16-10-6-7-11-21(16)15-8-4-5-9-15/h13,15-16H,4-12H2,1-3H3/t16-/m0/s1. The number of nitrogens with zero attached hydrogens (tertiary/aromatic N) is 2. The lowest BCUT2D eigenvalue weighted by Crippen LogP contribution is -2.49. The maximum Gasteiger partial charge on any atom is 0.156 e. The number of ketones is 1. The highest BCUT2D eigenvalue weighted by Gasteiger charge is 2.34. The van der Waals surface area contributed by atoms with Crippen LogP contribution in [0.4, 0.5) is 0 Å². The first kappa shape index (κ1) is 16.7. The molecule has 0 radical (unpaired) electrons. The number of likely N-dealkylation sites (tertiary alicyclic amines) is 1. The zero-order valence-electron chi connectivity index (χ0n) is 14.8. The Morgan fingerprint density at radius 2 is 1.91 bits per heavy atom. The van der Waals surface area contributed by atoms with Crippen LogP contribution in [0.1, 0.15) is 77.2 Å². The van der Waals surface area contributed by atoms with E-state index in [0.29, 0.717) is 18.2 Å². The Morgan fingerprint density at radius 1 is 1.22 bits per heavy atom. The Hall–Kier alpha value is -1.16. The highest BCUT2D eigenvalue weighted by atomic mass is 16.5. The maximum atomic E-state index is 12.9. The second-order valence-electron chi connectivity index (χ2n) is 8.26. The van der Waals surface area contributed by atoms with E-state index in [9.17, 15) is 4.79 Å². The summed E-state index contributed by atoms with van der Waals surface area (Å²) >= 11 is 0. The fourth-order valence-electron chi connectivity index (χ4n) is 4.02. The van der Waals surface area contributed by atoms with E-state index in [-0.39, 0.29) is 11.5 Å². The van der Waals surface area contributed by atoms with Crippen molar-refractivity contribution in [3.8, 4) is 0 Å². The molecule has 0 spiro atoms. The Balaban J connectivity index is 1.67. The van der Waals surface area contributed by atoms with Gasteiger partial charge in [-0.3, -0.25) is 9.69 Å². The summed E-state index contributed by atoms with van der Waals surface area (Å²) in [4.78, 5) is 15.4. The first-order valence-corrected chi connectivity index (χ1v) is 9.19. The van der Waals surface area contributed by atoms with E-state index in [2.05, 4.69) is 30.8 Å². The topological polar surface area (TPSA) is 46.3 Å². The molecule has 0 unspecified atom stereocenters. The van der Waals surface area contributed by atoms with E-state index in [1.165, 1.54) is 38.5 Å². The smallest absolute Gasteiger partial charge is 0.156 e. The molecule has 0 amide bonds. The van der Waals surface area contributed by atoms with Crippen LogP contribution >= 0.6 is 0 Å². The van der Waals surface area contributed by atoms with Crippen molar-refractivity contribution >= 4 is 5.78 Å². The van der Waals surface area contributed by atoms with Gasteiger partial charge in [-0.25, -0.2) is 0 Å². The number of carbonyl (C=O) groups excluding carboxylic acids is 1. The average molecular weight is 318 g/mol. The molecule has 2 aliphatic rings. The average Bonchev–Trinajstić information content (AvgIpc) is 3.18. The number of carbonyl (C=O) groups is 1. The van der Waals surface area contributed by atoms with Crippen LogP contribution in [-0.2, 0) is 16.6 Å². The third kappa shape index (κ3) is 3.85. The lowest BCUT2D eigenvalue weighted by Gasteiger charge is -2.39. The van der Waals surface area contributed by atoms with E-state index in [4.69, 9.17) is 4.52 Å². The lowest BCUT2D eigenvalue weighted by molar-refractivity contribution is -0.126. The van der Waals surface area contributed by atoms with Crippen LogP contribution in [0.2, 0.25) is 0 Å². The monoisotopic (exact) mass is 318 g/mol. The zero-order chi connectivity index (χ0) is 16.4. The van der Waals surface area contributed by atoms with Gasteiger partial charge < -0.3 is 4.52 Å². The predicted molar refractivity (Wildman–Crippen MR) is 90.5 cm³/mol. The predicted octanol–water partition coefficient (Wildman–Crippen LogP) is 3.88. The molecule has 3 rings (SSSR count). The molecule has 1 aliphatic carbocycles. The largest absolute Gasteiger partial charge is 0.361 e. The number of Topliss-reactive ketones (excluding diaryl/α,β-unsaturated/α-hetero) is 1. The van der Waals surface area contributed by atoms with Gasteiger partial charge in [0.15, 0.2) is 5.78 Å². The van der Waals surface area contributed by atoms with Crippen LogP contribution in [0, 0.1) is 0 Å². The molecule has 128 valence electrons. The maximum absolute atomic E-state index is 12.9. The highest BCUT2D eigenvalue weighted by molar-refractivity contribution is 5.85. The summed E-state index contributed by atoms with van der Waals surface area (Å²) in [6.07, 6.45) is 9.00. The number of aromatic nitrogens is 1. The van der Waals surface area contributed by atoms with E-state index in [0.717, 1.165) is 24.4 Å². The third-order valence-corrected chi connectivity index (χ3v) is 5.36. The van der Waals surface area contributed by atoms with Crippen LogP contribution in [0.25, 0.3) is 0 Å². The van der Waals surface area contributed by atoms with Crippen molar-refractivity contribution in [3.05, 3.63) is 17.5 Å². The molecular formula is C19H30N2O2. The Bertz CT molecular complexity index is 538. The van der Waals surface area contributed by atoms with Crippen LogP contribution in [0.3, 0.4) is 0 Å². The molecule has 4 heteroatoms. The quantitative estimate of drug-likeness (QED) is 0.845. The van der Waals surface area contributed by atoms with Gasteiger partial charge in [-0.05, 0) is 32.2 Å². The van der Waals surface area contributed by atoms with Crippen molar-refractivity contribution in [1.29, 1.82) is 0 Å². The SMILES string of the molecule is CC(C)(C)c1cc(CC(=O)[C@@H]2CCCCN2C2CCCC2)no1. The molecule has 1 atom stereocenters. The molecule has 1 aromatic heterocycles. The zero-order valence-corrected chi connectivity index (χ0v) is 14.8. The summed E-state index contributed by atoms with van der Waals surface area (Å²) in [5.74, 6) is 1.18. The van der Waals surface area contributed by atoms with E-state index in [1.54, 1.807) is 0 Å². The van der Waals surface area contributed by atoms with Gasteiger partial charge in [-0.1, -0.05) is 45.2 Å². The molecule has 2 fully saturated rings. The molecule has 1 aromatic rings. The van der Waals surface area contributed by atoms with E-state index in [1.807, 2.05) is 6.07 Å². The van der Waals surface area contributed by atoms with Gasteiger partial charge in [0.05, 0.1) is 18.2 Å². The van der Waals surface area contributed by atoms with Gasteiger partial charge in [-0.2, -0.15) is 0 Å². The summed E-state index contributed by atoms with van der Waals surface area (Å²) in [7, 11) is 0. The van der Waals surface area contributed by atoms with Gasteiger partial charge in [0.25, 0.3) is 0 Å². The molecule has 0 N–H and O–H groups in total. The van der Waals surface area contributed by atoms with Crippen molar-refractivity contribution in [2.45, 2.75) is 89.6 Å². The Labute approximate surface area is 139 Å². The number of hydrogen-bond acceptors (Lipinski definition) is 4.